The largest absolute Gasteiger partial charge is 1.00 e. The zero-order valence-electron chi connectivity index (χ0n) is 7.03. The van der Waals surface area contributed by atoms with E-state index in [2.05, 4.69) is 5.16 Å². The van der Waals surface area contributed by atoms with E-state index in [1.165, 1.54) is 0 Å². The van der Waals surface area contributed by atoms with Gasteiger partial charge in [-0.2, -0.15) is 4.57 Å². The van der Waals surface area contributed by atoms with E-state index in [1.54, 1.807) is 6.92 Å². The summed E-state index contributed by atoms with van der Waals surface area (Å²) in [6.07, 6.45) is 1.91. The molecule has 0 atom stereocenters. The van der Waals surface area contributed by atoms with Crippen molar-refractivity contribution in [3.05, 3.63) is 30.1 Å². The highest BCUT2D eigenvalue weighted by Gasteiger charge is 2.07. The summed E-state index contributed by atoms with van der Waals surface area (Å²) in [6.45, 7) is 1.76. The second kappa shape index (κ2) is 5.08. The molecule has 0 unspecified atom stereocenters. The molecule has 0 saturated carbocycles. The van der Waals surface area contributed by atoms with Crippen molar-refractivity contribution < 1.29 is 33.8 Å². The SMILES string of the molecule is CC(=NO)c1cccc[n+]1C.[I-]. The van der Waals surface area contributed by atoms with Crippen LogP contribution in [0.3, 0.4) is 0 Å². The molecule has 0 amide bonds. The first-order valence-corrected chi connectivity index (χ1v) is 3.39. The third kappa shape index (κ3) is 2.44. The zero-order valence-corrected chi connectivity index (χ0v) is 9.19. The van der Waals surface area contributed by atoms with E-state index in [0.717, 1.165) is 5.69 Å². The van der Waals surface area contributed by atoms with Crippen molar-refractivity contribution in [2.45, 2.75) is 6.92 Å². The Morgan fingerprint density at radius 3 is 2.67 bits per heavy atom. The fraction of sp³-hybridized carbons (Fsp3) is 0.250. The number of oxime groups is 1. The van der Waals surface area contributed by atoms with Crippen LogP contribution in [-0.4, -0.2) is 10.9 Å². The number of aryl methyl sites for hydroxylation is 1. The lowest BCUT2D eigenvalue weighted by Gasteiger charge is -1.94. The molecule has 0 bridgehead atoms. The normalized spacial score (nSPS) is 10.7. The number of rotatable bonds is 1. The van der Waals surface area contributed by atoms with E-state index in [9.17, 15) is 0 Å². The van der Waals surface area contributed by atoms with Crippen LogP contribution in [0.1, 0.15) is 12.6 Å². The van der Waals surface area contributed by atoms with E-state index >= 15 is 0 Å². The average Bonchev–Trinajstić information content (AvgIpc) is 2.04. The number of nitrogens with zero attached hydrogens (tertiary/aromatic N) is 2. The van der Waals surface area contributed by atoms with Crippen LogP contribution >= 0.6 is 0 Å². The molecule has 3 nitrogen and oxygen atoms in total. The van der Waals surface area contributed by atoms with Gasteiger partial charge in [0.2, 0.25) is 5.69 Å². The van der Waals surface area contributed by atoms with Gasteiger partial charge in [-0.25, -0.2) is 0 Å². The van der Waals surface area contributed by atoms with Crippen LogP contribution < -0.4 is 28.5 Å². The summed E-state index contributed by atoms with van der Waals surface area (Å²) in [6, 6.07) is 5.73. The number of hydrogen-bond acceptors (Lipinski definition) is 2. The highest BCUT2D eigenvalue weighted by atomic mass is 127. The number of aromatic nitrogens is 1. The molecule has 0 aliphatic rings. The molecule has 1 N–H and O–H groups in total. The van der Waals surface area contributed by atoms with Crippen LogP contribution in [0, 0.1) is 0 Å². The number of pyridine rings is 1. The summed E-state index contributed by atoms with van der Waals surface area (Å²) in [5.74, 6) is 0. The molecule has 0 radical (unpaired) electrons. The van der Waals surface area contributed by atoms with Gasteiger partial charge in [-0.3, -0.25) is 0 Å². The van der Waals surface area contributed by atoms with E-state index < -0.39 is 0 Å². The minimum absolute atomic E-state index is 0. The van der Waals surface area contributed by atoms with Crippen LogP contribution in [0.5, 0.6) is 0 Å². The number of halogens is 1. The summed E-state index contributed by atoms with van der Waals surface area (Å²) in [5, 5.41) is 11.6. The van der Waals surface area contributed by atoms with Crippen molar-refractivity contribution in [3.8, 4) is 0 Å². The van der Waals surface area contributed by atoms with E-state index in [-0.39, 0.29) is 24.0 Å². The Kier molecular flexibility index (Phi) is 4.80. The second-order valence-electron chi connectivity index (χ2n) is 2.38. The Labute approximate surface area is 88.7 Å². The minimum Gasteiger partial charge on any atom is -1.00 e. The monoisotopic (exact) mass is 278 g/mol. The van der Waals surface area contributed by atoms with Gasteiger partial charge in [0.25, 0.3) is 0 Å². The van der Waals surface area contributed by atoms with Gasteiger partial charge in [-0.1, -0.05) is 5.16 Å². The standard InChI is InChI=1S/C8H10N2O.HI/c1-7(9-11)8-5-3-4-6-10(8)2;/h3-6H,1-2H3;1H. The zero-order chi connectivity index (χ0) is 8.27. The highest BCUT2D eigenvalue weighted by Crippen LogP contribution is 1.92. The average molecular weight is 278 g/mol. The van der Waals surface area contributed by atoms with E-state index in [1.807, 2.05) is 36.0 Å². The molecule has 0 spiro atoms. The first kappa shape index (κ1) is 11.4. The summed E-state index contributed by atoms with van der Waals surface area (Å²) in [7, 11) is 1.91. The summed E-state index contributed by atoms with van der Waals surface area (Å²) in [5.41, 5.74) is 1.53. The smallest absolute Gasteiger partial charge is 0.229 e. The van der Waals surface area contributed by atoms with Crippen LogP contribution in [-0.2, 0) is 7.05 Å². The van der Waals surface area contributed by atoms with Gasteiger partial charge in [0.05, 0.1) is 0 Å². The number of hydrogen-bond donors (Lipinski definition) is 1. The lowest BCUT2D eigenvalue weighted by atomic mass is 10.2. The maximum Gasteiger partial charge on any atom is 0.229 e. The van der Waals surface area contributed by atoms with Gasteiger partial charge in [0.1, 0.15) is 12.8 Å². The molecule has 1 heterocycles. The molecular formula is C8H11IN2O. The quantitative estimate of drug-likeness (QED) is 0.203. The predicted octanol–water partition coefficient (Wildman–Crippen LogP) is -2.29. The molecular weight excluding hydrogens is 267 g/mol. The van der Waals surface area contributed by atoms with Crippen molar-refractivity contribution in [3.63, 3.8) is 0 Å². The molecule has 0 saturated heterocycles. The lowest BCUT2D eigenvalue weighted by Crippen LogP contribution is -3.00. The highest BCUT2D eigenvalue weighted by molar-refractivity contribution is 5.95. The van der Waals surface area contributed by atoms with Crippen LogP contribution in [0.25, 0.3) is 0 Å². The molecule has 4 heteroatoms. The Balaban J connectivity index is 0.00000121. The van der Waals surface area contributed by atoms with Crippen molar-refractivity contribution >= 4 is 5.71 Å². The maximum absolute atomic E-state index is 8.49. The van der Waals surface area contributed by atoms with Gasteiger partial charge >= 0.3 is 0 Å². The van der Waals surface area contributed by atoms with Crippen molar-refractivity contribution in [2.75, 3.05) is 0 Å². The first-order valence-electron chi connectivity index (χ1n) is 3.39. The third-order valence-corrected chi connectivity index (χ3v) is 1.58. The molecule has 1 aromatic heterocycles. The van der Waals surface area contributed by atoms with E-state index in [0.29, 0.717) is 5.71 Å². The molecule has 0 aliphatic carbocycles. The molecule has 0 fully saturated rings. The van der Waals surface area contributed by atoms with Gasteiger partial charge in [0.15, 0.2) is 6.20 Å². The van der Waals surface area contributed by atoms with Gasteiger partial charge < -0.3 is 29.2 Å². The van der Waals surface area contributed by atoms with Gasteiger partial charge in [0, 0.05) is 12.1 Å². The Bertz CT molecular complexity index is 286. The molecule has 1 rings (SSSR count). The topological polar surface area (TPSA) is 36.5 Å². The van der Waals surface area contributed by atoms with Crippen LogP contribution in [0.4, 0.5) is 0 Å². The summed E-state index contributed by atoms with van der Waals surface area (Å²) >= 11 is 0. The van der Waals surface area contributed by atoms with Crippen molar-refractivity contribution in [1.82, 2.24) is 0 Å². The fourth-order valence-electron chi connectivity index (χ4n) is 0.950. The molecule has 12 heavy (non-hydrogen) atoms. The predicted molar refractivity (Wildman–Crippen MR) is 41.6 cm³/mol. The first-order chi connectivity index (χ1) is 5.25. The Morgan fingerprint density at radius 1 is 1.50 bits per heavy atom. The lowest BCUT2D eigenvalue weighted by molar-refractivity contribution is -0.672. The van der Waals surface area contributed by atoms with Crippen molar-refractivity contribution in [1.29, 1.82) is 0 Å². The minimum atomic E-state index is 0. The Morgan fingerprint density at radius 2 is 2.17 bits per heavy atom. The Hall–Kier alpha value is -0.650. The second-order valence-corrected chi connectivity index (χ2v) is 2.38. The van der Waals surface area contributed by atoms with Crippen molar-refractivity contribution in [2.24, 2.45) is 12.2 Å². The van der Waals surface area contributed by atoms with E-state index in [4.69, 9.17) is 5.21 Å². The third-order valence-electron chi connectivity index (χ3n) is 1.58. The van der Waals surface area contributed by atoms with Crippen LogP contribution in [0.15, 0.2) is 29.6 Å². The molecule has 0 aromatic carbocycles. The summed E-state index contributed by atoms with van der Waals surface area (Å²) < 4.78 is 1.90. The molecule has 1 aromatic rings. The van der Waals surface area contributed by atoms with Gasteiger partial charge in [-0.05, 0) is 13.0 Å². The maximum atomic E-state index is 8.49. The fourth-order valence-corrected chi connectivity index (χ4v) is 0.950. The van der Waals surface area contributed by atoms with Gasteiger partial charge in [-0.15, -0.1) is 0 Å². The molecule has 0 aliphatic heterocycles. The van der Waals surface area contributed by atoms with Crippen LogP contribution in [0.2, 0.25) is 0 Å². The molecule has 66 valence electrons. The summed E-state index contributed by atoms with van der Waals surface area (Å²) in [4.78, 5) is 0.